The molecule has 0 atom stereocenters. The van der Waals surface area contributed by atoms with E-state index in [-0.39, 0.29) is 6.61 Å². The van der Waals surface area contributed by atoms with Gasteiger partial charge in [-0.25, -0.2) is 0 Å². The van der Waals surface area contributed by atoms with Crippen molar-refractivity contribution in [3.8, 4) is 11.8 Å². The second-order valence-corrected chi connectivity index (χ2v) is 2.70. The molecule has 0 bridgehead atoms. The molecule has 0 N–H and O–H groups in total. The van der Waals surface area contributed by atoms with Crippen LogP contribution in [0.4, 0.5) is 0 Å². The zero-order chi connectivity index (χ0) is 10.4. The molecule has 0 aromatic heterocycles. The fourth-order valence-electron chi connectivity index (χ4n) is 1.02. The molecule has 1 rings (SSSR count). The molecular formula is C12H11NO. The molecule has 0 amide bonds. The van der Waals surface area contributed by atoms with Crippen LogP contribution in [0.2, 0.25) is 0 Å². The highest BCUT2D eigenvalue weighted by molar-refractivity contribution is 5.72. The molecule has 1 aromatic rings. The average Bonchev–Trinajstić information content (AvgIpc) is 2.25. The van der Waals surface area contributed by atoms with Crippen LogP contribution in [0, 0.1) is 11.3 Å². The molecule has 0 heterocycles. The molecular weight excluding hydrogens is 174 g/mol. The summed E-state index contributed by atoms with van der Waals surface area (Å²) in [5.74, 6) is 0.673. The maximum atomic E-state index is 8.34. The van der Waals surface area contributed by atoms with Crippen LogP contribution in [0.5, 0.6) is 5.75 Å². The molecule has 0 spiro atoms. The van der Waals surface area contributed by atoms with Gasteiger partial charge in [-0.15, -0.1) is 0 Å². The topological polar surface area (TPSA) is 33.0 Å². The Kier molecular flexibility index (Phi) is 3.51. The molecule has 0 aliphatic heterocycles. The standard InChI is InChI=1S/C12H11NO/c1-3-10(2)11-5-4-6-12(9-11)14-8-7-13/h3-6,9H,1-2,8H2. The van der Waals surface area contributed by atoms with Crippen molar-refractivity contribution in [3.63, 3.8) is 0 Å². The van der Waals surface area contributed by atoms with E-state index in [4.69, 9.17) is 10.00 Å². The van der Waals surface area contributed by atoms with Gasteiger partial charge >= 0.3 is 0 Å². The minimum absolute atomic E-state index is 0.0595. The Morgan fingerprint density at radius 3 is 3.00 bits per heavy atom. The molecule has 14 heavy (non-hydrogen) atoms. The van der Waals surface area contributed by atoms with Crippen molar-refractivity contribution in [2.24, 2.45) is 0 Å². The number of rotatable bonds is 4. The Bertz CT molecular complexity index is 388. The first-order valence-electron chi connectivity index (χ1n) is 4.19. The van der Waals surface area contributed by atoms with E-state index in [1.165, 1.54) is 0 Å². The first-order chi connectivity index (χ1) is 6.77. The quantitative estimate of drug-likeness (QED) is 0.676. The molecule has 0 saturated carbocycles. The lowest BCUT2D eigenvalue weighted by Gasteiger charge is -2.04. The zero-order valence-electron chi connectivity index (χ0n) is 7.86. The fraction of sp³-hybridized carbons (Fsp3) is 0.0833. The molecule has 0 unspecified atom stereocenters. The minimum atomic E-state index is 0.0595. The average molecular weight is 185 g/mol. The van der Waals surface area contributed by atoms with E-state index in [1.54, 1.807) is 12.1 Å². The maximum absolute atomic E-state index is 8.34. The largest absolute Gasteiger partial charge is 0.479 e. The lowest BCUT2D eigenvalue weighted by molar-refractivity contribution is 0.368. The van der Waals surface area contributed by atoms with Crippen molar-refractivity contribution in [1.82, 2.24) is 0 Å². The minimum Gasteiger partial charge on any atom is -0.479 e. The number of nitriles is 1. The summed E-state index contributed by atoms with van der Waals surface area (Å²) in [5.41, 5.74) is 1.79. The summed E-state index contributed by atoms with van der Waals surface area (Å²) in [5, 5.41) is 8.34. The monoisotopic (exact) mass is 185 g/mol. The van der Waals surface area contributed by atoms with Crippen LogP contribution < -0.4 is 4.74 Å². The molecule has 2 nitrogen and oxygen atoms in total. The highest BCUT2D eigenvalue weighted by Gasteiger charge is 1.97. The number of nitrogens with zero attached hydrogens (tertiary/aromatic N) is 1. The number of benzene rings is 1. The molecule has 0 aliphatic rings. The lowest BCUT2D eigenvalue weighted by Crippen LogP contribution is -1.93. The Balaban J connectivity index is 2.85. The molecule has 1 aromatic carbocycles. The molecule has 0 aliphatic carbocycles. The van der Waals surface area contributed by atoms with Crippen molar-refractivity contribution in [2.45, 2.75) is 0 Å². The van der Waals surface area contributed by atoms with E-state index in [9.17, 15) is 0 Å². The predicted octanol–water partition coefficient (Wildman–Crippen LogP) is 2.79. The number of hydrogen-bond donors (Lipinski definition) is 0. The van der Waals surface area contributed by atoms with Gasteiger partial charge in [-0.05, 0) is 23.3 Å². The molecule has 2 heteroatoms. The van der Waals surface area contributed by atoms with Gasteiger partial charge in [0, 0.05) is 0 Å². The highest BCUT2D eigenvalue weighted by Crippen LogP contribution is 2.19. The third-order valence-corrected chi connectivity index (χ3v) is 1.75. The Morgan fingerprint density at radius 2 is 2.36 bits per heavy atom. The number of ether oxygens (including phenoxy) is 1. The van der Waals surface area contributed by atoms with Crippen molar-refractivity contribution < 1.29 is 4.74 Å². The molecule has 0 radical (unpaired) electrons. The SMILES string of the molecule is C=CC(=C)c1cccc(OCC#N)c1. The van der Waals surface area contributed by atoms with Crippen LogP contribution in [0.3, 0.4) is 0 Å². The summed E-state index contributed by atoms with van der Waals surface area (Å²) < 4.78 is 5.15. The number of allylic oxidation sites excluding steroid dienone is 2. The summed E-state index contributed by atoms with van der Waals surface area (Å²) >= 11 is 0. The second-order valence-electron chi connectivity index (χ2n) is 2.70. The Hall–Kier alpha value is -2.01. The van der Waals surface area contributed by atoms with Crippen LogP contribution in [-0.4, -0.2) is 6.61 Å². The van der Waals surface area contributed by atoms with E-state index in [2.05, 4.69) is 13.2 Å². The van der Waals surface area contributed by atoms with Crippen LogP contribution >= 0.6 is 0 Å². The van der Waals surface area contributed by atoms with Crippen molar-refractivity contribution in [1.29, 1.82) is 5.26 Å². The highest BCUT2D eigenvalue weighted by atomic mass is 16.5. The van der Waals surface area contributed by atoms with Gasteiger partial charge in [0.25, 0.3) is 0 Å². The van der Waals surface area contributed by atoms with Gasteiger partial charge in [0.05, 0.1) is 0 Å². The van der Waals surface area contributed by atoms with Crippen LogP contribution in [0.15, 0.2) is 43.5 Å². The lowest BCUT2D eigenvalue weighted by atomic mass is 10.1. The molecule has 0 fully saturated rings. The van der Waals surface area contributed by atoms with E-state index in [1.807, 2.05) is 24.3 Å². The third-order valence-electron chi connectivity index (χ3n) is 1.75. The summed E-state index contributed by atoms with van der Waals surface area (Å²) in [4.78, 5) is 0. The first-order valence-corrected chi connectivity index (χ1v) is 4.19. The van der Waals surface area contributed by atoms with Crippen LogP contribution in [0.1, 0.15) is 5.56 Å². The normalized spacial score (nSPS) is 8.79. The van der Waals surface area contributed by atoms with Gasteiger partial charge in [0.1, 0.15) is 11.8 Å². The zero-order valence-corrected chi connectivity index (χ0v) is 7.86. The van der Waals surface area contributed by atoms with Crippen LogP contribution in [0.25, 0.3) is 5.57 Å². The summed E-state index contributed by atoms with van der Waals surface area (Å²) in [6.45, 7) is 7.52. The van der Waals surface area contributed by atoms with E-state index in [0.717, 1.165) is 11.1 Å². The summed E-state index contributed by atoms with van der Waals surface area (Å²) in [6, 6.07) is 9.33. The van der Waals surface area contributed by atoms with Gasteiger partial charge in [-0.2, -0.15) is 5.26 Å². The van der Waals surface area contributed by atoms with Crippen molar-refractivity contribution in [3.05, 3.63) is 49.1 Å². The van der Waals surface area contributed by atoms with Gasteiger partial charge in [0.2, 0.25) is 0 Å². The van der Waals surface area contributed by atoms with Gasteiger partial charge in [-0.3, -0.25) is 0 Å². The predicted molar refractivity (Wildman–Crippen MR) is 56.8 cm³/mol. The van der Waals surface area contributed by atoms with Gasteiger partial charge < -0.3 is 4.74 Å². The van der Waals surface area contributed by atoms with Crippen molar-refractivity contribution in [2.75, 3.05) is 6.61 Å². The van der Waals surface area contributed by atoms with E-state index >= 15 is 0 Å². The van der Waals surface area contributed by atoms with Gasteiger partial charge in [0.15, 0.2) is 6.61 Å². The van der Waals surface area contributed by atoms with E-state index < -0.39 is 0 Å². The maximum Gasteiger partial charge on any atom is 0.174 e. The summed E-state index contributed by atoms with van der Waals surface area (Å²) in [6.07, 6.45) is 1.68. The van der Waals surface area contributed by atoms with E-state index in [0.29, 0.717) is 5.75 Å². The van der Waals surface area contributed by atoms with Gasteiger partial charge in [-0.1, -0.05) is 31.4 Å². The Labute approximate surface area is 83.7 Å². The number of hydrogen-bond acceptors (Lipinski definition) is 2. The second kappa shape index (κ2) is 4.88. The first kappa shape index (κ1) is 10.1. The van der Waals surface area contributed by atoms with Crippen LogP contribution in [-0.2, 0) is 0 Å². The Morgan fingerprint density at radius 1 is 1.57 bits per heavy atom. The fourth-order valence-corrected chi connectivity index (χ4v) is 1.02. The molecule has 0 saturated heterocycles. The molecule has 70 valence electrons. The summed E-state index contributed by atoms with van der Waals surface area (Å²) in [7, 11) is 0. The smallest absolute Gasteiger partial charge is 0.174 e. The van der Waals surface area contributed by atoms with Crippen molar-refractivity contribution >= 4 is 5.57 Å². The third kappa shape index (κ3) is 2.49.